The van der Waals surface area contributed by atoms with E-state index in [0.717, 1.165) is 0 Å². The molecule has 0 aliphatic heterocycles. The third-order valence-electron chi connectivity index (χ3n) is 6.20. The van der Waals surface area contributed by atoms with E-state index in [4.69, 9.17) is 0 Å². The highest BCUT2D eigenvalue weighted by Crippen LogP contribution is 2.33. The average Bonchev–Trinajstić information content (AvgIpc) is 2.64. The number of nitrogens with zero attached hydrogens (tertiary/aromatic N) is 1. The quantitative estimate of drug-likeness (QED) is 0.432. The van der Waals surface area contributed by atoms with Crippen LogP contribution in [-0.4, -0.2) is 0 Å². The highest BCUT2D eigenvalue weighted by Gasteiger charge is 2.21. The first kappa shape index (κ1) is 19.6. The van der Waals surface area contributed by atoms with Gasteiger partial charge in [0.05, 0.1) is 5.39 Å². The summed E-state index contributed by atoms with van der Waals surface area (Å²) in [5, 5.41) is 2.71. The average molecular weight is 361 g/mol. The molecule has 0 aliphatic carbocycles. The zero-order valence-electron chi connectivity index (χ0n) is 18.1. The Morgan fingerprint density at radius 1 is 0.852 bits per heavy atom. The van der Waals surface area contributed by atoms with E-state index in [0.29, 0.717) is 11.8 Å². The first-order chi connectivity index (χ1) is 12.9. The molecule has 1 aromatic heterocycles. The lowest BCUT2D eigenvalue weighted by Gasteiger charge is -2.16. The van der Waals surface area contributed by atoms with Crippen molar-refractivity contribution in [2.45, 2.75) is 66.2 Å². The smallest absolute Gasteiger partial charge is 0.198 e. The summed E-state index contributed by atoms with van der Waals surface area (Å²) >= 11 is 0. The molecule has 0 fully saturated rings. The summed E-state index contributed by atoms with van der Waals surface area (Å²) in [4.78, 5) is 0. The SMILES string of the molecule is CCC(CC)c1ccc2c(-c3cc(C(C)C)ccc3C)[n+](C)c(C)cc2c1. The molecule has 0 atom stereocenters. The fraction of sp³-hybridized carbons (Fsp3) is 0.423. The van der Waals surface area contributed by atoms with Crippen LogP contribution in [0.5, 0.6) is 0 Å². The highest BCUT2D eigenvalue weighted by atomic mass is 14.9. The monoisotopic (exact) mass is 360 g/mol. The van der Waals surface area contributed by atoms with Gasteiger partial charge in [0, 0.05) is 18.6 Å². The topological polar surface area (TPSA) is 3.88 Å². The molecule has 27 heavy (non-hydrogen) atoms. The molecule has 1 heterocycles. The standard InChI is InChI=1S/C26H34N/c1-8-20(9-2)22-12-13-24-23(15-22)14-19(6)27(7)26(24)25-16-21(17(3)4)11-10-18(25)5/h10-17,20H,8-9H2,1-7H3/q+1. The van der Waals surface area contributed by atoms with Crippen LogP contribution in [0.4, 0.5) is 0 Å². The number of rotatable bonds is 5. The zero-order valence-corrected chi connectivity index (χ0v) is 18.1. The maximum Gasteiger partial charge on any atom is 0.220 e. The van der Waals surface area contributed by atoms with Gasteiger partial charge in [0.15, 0.2) is 5.69 Å². The molecule has 0 amide bonds. The van der Waals surface area contributed by atoms with Gasteiger partial charge in [-0.2, -0.15) is 4.57 Å². The van der Waals surface area contributed by atoms with Crippen LogP contribution >= 0.6 is 0 Å². The molecular weight excluding hydrogens is 326 g/mol. The van der Waals surface area contributed by atoms with Gasteiger partial charge in [-0.25, -0.2) is 0 Å². The number of fused-ring (bicyclic) bond motifs is 1. The van der Waals surface area contributed by atoms with E-state index in [1.807, 2.05) is 0 Å². The fourth-order valence-electron chi connectivity index (χ4n) is 4.19. The molecule has 0 saturated heterocycles. The lowest BCUT2D eigenvalue weighted by atomic mass is 9.90. The number of hydrogen-bond acceptors (Lipinski definition) is 0. The van der Waals surface area contributed by atoms with Crippen molar-refractivity contribution in [1.29, 1.82) is 0 Å². The summed E-state index contributed by atoms with van der Waals surface area (Å²) in [6.45, 7) is 13.6. The van der Waals surface area contributed by atoms with Gasteiger partial charge in [0.25, 0.3) is 0 Å². The van der Waals surface area contributed by atoms with Gasteiger partial charge < -0.3 is 0 Å². The third-order valence-corrected chi connectivity index (χ3v) is 6.20. The molecule has 0 radical (unpaired) electrons. The molecule has 0 saturated carbocycles. The van der Waals surface area contributed by atoms with Crippen molar-refractivity contribution < 1.29 is 4.57 Å². The second-order valence-corrected chi connectivity index (χ2v) is 8.28. The number of aryl methyl sites for hydroxylation is 2. The van der Waals surface area contributed by atoms with Crippen LogP contribution in [0.25, 0.3) is 22.0 Å². The van der Waals surface area contributed by atoms with Gasteiger partial charge in [0.2, 0.25) is 5.69 Å². The molecule has 0 spiro atoms. The number of hydrogen-bond donors (Lipinski definition) is 0. The molecule has 0 N–H and O–H groups in total. The predicted octanol–water partition coefficient (Wildman–Crippen LogP) is 6.98. The molecular formula is C26H34N+. The van der Waals surface area contributed by atoms with Gasteiger partial charge in [0.1, 0.15) is 7.05 Å². The van der Waals surface area contributed by atoms with Crippen molar-refractivity contribution in [1.82, 2.24) is 0 Å². The van der Waals surface area contributed by atoms with Crippen LogP contribution in [0.1, 0.15) is 74.8 Å². The first-order valence-corrected chi connectivity index (χ1v) is 10.4. The van der Waals surface area contributed by atoms with Crippen LogP contribution in [-0.2, 0) is 7.05 Å². The molecule has 1 heteroatoms. The molecule has 2 aromatic carbocycles. The molecule has 0 unspecified atom stereocenters. The van der Waals surface area contributed by atoms with Crippen molar-refractivity contribution in [2.75, 3.05) is 0 Å². The summed E-state index contributed by atoms with van der Waals surface area (Å²) in [6.07, 6.45) is 2.40. The van der Waals surface area contributed by atoms with Crippen LogP contribution in [0.2, 0.25) is 0 Å². The van der Waals surface area contributed by atoms with E-state index in [1.54, 1.807) is 0 Å². The Bertz CT molecular complexity index is 962. The summed E-state index contributed by atoms with van der Waals surface area (Å²) in [7, 11) is 2.19. The van der Waals surface area contributed by atoms with E-state index in [-0.39, 0.29) is 0 Å². The lowest BCUT2D eigenvalue weighted by molar-refractivity contribution is -0.665. The van der Waals surface area contributed by atoms with E-state index in [9.17, 15) is 0 Å². The maximum absolute atomic E-state index is 2.42. The first-order valence-electron chi connectivity index (χ1n) is 10.4. The Morgan fingerprint density at radius 3 is 2.15 bits per heavy atom. The number of pyridine rings is 1. The number of benzene rings is 2. The van der Waals surface area contributed by atoms with Gasteiger partial charge in [-0.1, -0.05) is 52.0 Å². The minimum absolute atomic E-state index is 0.534. The normalized spacial score (nSPS) is 11.7. The number of aromatic nitrogens is 1. The lowest BCUT2D eigenvalue weighted by Crippen LogP contribution is -2.35. The molecule has 3 rings (SSSR count). The molecule has 0 bridgehead atoms. The van der Waals surface area contributed by atoms with Gasteiger partial charge in [-0.05, 0) is 65.8 Å². The molecule has 3 aromatic rings. The summed E-state index contributed by atoms with van der Waals surface area (Å²) in [6, 6.07) is 16.4. The second-order valence-electron chi connectivity index (χ2n) is 8.28. The Hall–Kier alpha value is -2.15. The zero-order chi connectivity index (χ0) is 19.7. The highest BCUT2D eigenvalue weighted by molar-refractivity contribution is 5.94. The van der Waals surface area contributed by atoms with Crippen molar-refractivity contribution in [3.05, 3.63) is 64.8 Å². The van der Waals surface area contributed by atoms with Crippen LogP contribution in [0.15, 0.2) is 42.5 Å². The van der Waals surface area contributed by atoms with Crippen LogP contribution in [0, 0.1) is 13.8 Å². The van der Waals surface area contributed by atoms with E-state index >= 15 is 0 Å². The van der Waals surface area contributed by atoms with Gasteiger partial charge >= 0.3 is 0 Å². The Labute approximate surface area is 165 Å². The Morgan fingerprint density at radius 2 is 1.52 bits per heavy atom. The molecule has 0 aliphatic rings. The van der Waals surface area contributed by atoms with E-state index in [2.05, 4.69) is 95.6 Å². The Kier molecular flexibility index (Phi) is 5.69. The largest absolute Gasteiger partial charge is 0.220 e. The minimum atomic E-state index is 0.534. The Balaban J connectivity index is 2.30. The van der Waals surface area contributed by atoms with Crippen molar-refractivity contribution in [3.63, 3.8) is 0 Å². The van der Waals surface area contributed by atoms with Gasteiger partial charge in [-0.15, -0.1) is 0 Å². The van der Waals surface area contributed by atoms with Crippen molar-refractivity contribution >= 4 is 10.8 Å². The van der Waals surface area contributed by atoms with E-state index < -0.39 is 0 Å². The fourth-order valence-corrected chi connectivity index (χ4v) is 4.19. The molecule has 142 valence electrons. The minimum Gasteiger partial charge on any atom is -0.198 e. The van der Waals surface area contributed by atoms with Crippen LogP contribution in [0.3, 0.4) is 0 Å². The van der Waals surface area contributed by atoms with Crippen LogP contribution < -0.4 is 4.57 Å². The summed E-state index contributed by atoms with van der Waals surface area (Å²) in [5.74, 6) is 1.19. The van der Waals surface area contributed by atoms with Crippen molar-refractivity contribution in [2.24, 2.45) is 7.05 Å². The third kappa shape index (κ3) is 3.65. The predicted molar refractivity (Wildman–Crippen MR) is 117 cm³/mol. The van der Waals surface area contributed by atoms with E-state index in [1.165, 1.54) is 57.3 Å². The second kappa shape index (κ2) is 7.84. The maximum atomic E-state index is 2.42. The van der Waals surface area contributed by atoms with Gasteiger partial charge in [-0.3, -0.25) is 0 Å². The summed E-state index contributed by atoms with van der Waals surface area (Å²) in [5.41, 5.74) is 8.20. The van der Waals surface area contributed by atoms with Crippen molar-refractivity contribution in [3.8, 4) is 11.3 Å². The molecule has 1 nitrogen and oxygen atoms in total. The summed E-state index contributed by atoms with van der Waals surface area (Å²) < 4.78 is 2.35.